The van der Waals surface area contributed by atoms with Crippen molar-refractivity contribution < 1.29 is 9.47 Å². The summed E-state index contributed by atoms with van der Waals surface area (Å²) in [5.74, 6) is 6.10. The smallest absolute Gasteiger partial charge is 0.147 e. The Hall–Kier alpha value is -0.953. The van der Waals surface area contributed by atoms with Crippen molar-refractivity contribution in [2.75, 3.05) is 18.8 Å². The molecule has 5 nitrogen and oxygen atoms in total. The first kappa shape index (κ1) is 17.1. The molecule has 0 aliphatic heterocycles. The van der Waals surface area contributed by atoms with Gasteiger partial charge in [-0.05, 0) is 19.9 Å². The van der Waals surface area contributed by atoms with Gasteiger partial charge in [0.1, 0.15) is 12.6 Å². The number of hydrogen-bond acceptors (Lipinski definition) is 5. The molecule has 0 aliphatic rings. The minimum Gasteiger partial charge on any atom is -0.358 e. The lowest BCUT2D eigenvalue weighted by molar-refractivity contribution is -0.129. The minimum absolute atomic E-state index is 0.274. The van der Waals surface area contributed by atoms with Gasteiger partial charge >= 0.3 is 0 Å². The van der Waals surface area contributed by atoms with Crippen LogP contribution in [0.5, 0.6) is 0 Å². The van der Waals surface area contributed by atoms with E-state index in [-0.39, 0.29) is 6.79 Å². The molecule has 0 radical (unpaired) electrons. The molecule has 0 fully saturated rings. The van der Waals surface area contributed by atoms with E-state index in [0.717, 1.165) is 18.2 Å². The van der Waals surface area contributed by atoms with E-state index in [1.54, 1.807) is 6.20 Å². The molecular formula is C14H27N3O2Si-. The number of hydrazine groups is 1. The summed E-state index contributed by atoms with van der Waals surface area (Å²) in [7, 11) is -1.05. The number of anilines is 1. The van der Waals surface area contributed by atoms with Gasteiger partial charge in [0, 0.05) is 18.4 Å². The maximum atomic E-state index is 5.83. The van der Waals surface area contributed by atoms with Crippen LogP contribution in [0.25, 0.3) is 0 Å². The molecule has 0 saturated heterocycles. The van der Waals surface area contributed by atoms with Crippen LogP contribution in [-0.2, 0) is 15.1 Å². The third kappa shape index (κ3) is 5.58. The number of nitrogens with two attached hydrogens (primary N) is 1. The molecule has 0 unspecified atom stereocenters. The predicted octanol–water partition coefficient (Wildman–Crippen LogP) is 2.93. The van der Waals surface area contributed by atoms with E-state index in [4.69, 9.17) is 15.3 Å². The molecule has 3 N–H and O–H groups in total. The van der Waals surface area contributed by atoms with Crippen LogP contribution in [-0.4, -0.2) is 26.5 Å². The predicted molar refractivity (Wildman–Crippen MR) is 85.1 cm³/mol. The van der Waals surface area contributed by atoms with Crippen LogP contribution in [0.2, 0.25) is 25.7 Å². The topological polar surface area (TPSA) is 69.4 Å². The summed E-state index contributed by atoms with van der Waals surface area (Å²) in [6, 6.07) is 4.96. The van der Waals surface area contributed by atoms with Crippen molar-refractivity contribution in [3.8, 4) is 0 Å². The van der Waals surface area contributed by atoms with Crippen molar-refractivity contribution >= 4 is 13.9 Å². The molecule has 1 aromatic heterocycles. The Labute approximate surface area is 122 Å². The van der Waals surface area contributed by atoms with Crippen LogP contribution < -0.4 is 11.3 Å². The average Bonchev–Trinajstić information content (AvgIpc) is 2.36. The SMILES string of the molecule is CC(C)(OCOCC[Si-](C)(C)C)c1cccnc1NN. The van der Waals surface area contributed by atoms with Crippen molar-refractivity contribution in [2.45, 2.75) is 45.1 Å². The summed E-state index contributed by atoms with van der Waals surface area (Å²) in [6.45, 7) is 12.0. The van der Waals surface area contributed by atoms with Gasteiger partial charge in [0.15, 0.2) is 0 Å². The number of pyridine rings is 1. The van der Waals surface area contributed by atoms with Gasteiger partial charge in [-0.3, -0.25) is 0 Å². The fourth-order valence-electron chi connectivity index (χ4n) is 1.71. The lowest BCUT2D eigenvalue weighted by Gasteiger charge is -2.29. The van der Waals surface area contributed by atoms with Crippen LogP contribution in [0.4, 0.5) is 5.82 Å². The standard InChI is InChI=1S/C14H27N3O2Si/c1-14(2,12-7-6-8-16-13(12)17-15)19-11-18-9-10-20(3,4)5/h6-8H,9-11,15H2,1-5H3,(H,16,17)/q-1. The first-order valence-corrected chi connectivity index (χ1v) is 10.6. The number of rotatable bonds is 8. The van der Waals surface area contributed by atoms with E-state index in [2.05, 4.69) is 30.1 Å². The Morgan fingerprint density at radius 1 is 1.35 bits per heavy atom. The largest absolute Gasteiger partial charge is 0.358 e. The summed E-state index contributed by atoms with van der Waals surface area (Å²) >= 11 is 0. The van der Waals surface area contributed by atoms with Crippen LogP contribution in [0, 0.1) is 0 Å². The first-order valence-electron chi connectivity index (χ1n) is 6.90. The van der Waals surface area contributed by atoms with E-state index in [0.29, 0.717) is 5.82 Å². The Kier molecular flexibility index (Phi) is 6.13. The molecule has 0 atom stereocenters. The Morgan fingerprint density at radius 3 is 2.65 bits per heavy atom. The third-order valence-electron chi connectivity index (χ3n) is 3.09. The molecule has 6 heteroatoms. The lowest BCUT2D eigenvalue weighted by atomic mass is 9.99. The average molecular weight is 297 g/mol. The third-order valence-corrected chi connectivity index (χ3v) is 4.80. The van der Waals surface area contributed by atoms with Gasteiger partial charge < -0.3 is 14.9 Å². The van der Waals surface area contributed by atoms with Crippen LogP contribution in [0.1, 0.15) is 19.4 Å². The summed E-state index contributed by atoms with van der Waals surface area (Å²) < 4.78 is 11.4. The van der Waals surface area contributed by atoms with Crippen molar-refractivity contribution in [3.63, 3.8) is 0 Å². The van der Waals surface area contributed by atoms with Gasteiger partial charge in [0.05, 0.1) is 5.60 Å². The Morgan fingerprint density at radius 2 is 2.05 bits per heavy atom. The summed E-state index contributed by atoms with van der Waals surface area (Å²) in [6.07, 6.45) is 1.69. The second-order valence-corrected chi connectivity index (χ2v) is 12.2. The van der Waals surface area contributed by atoms with Crippen LogP contribution in [0.15, 0.2) is 18.3 Å². The maximum Gasteiger partial charge on any atom is 0.147 e. The second-order valence-electron chi connectivity index (χ2n) is 6.54. The summed E-state index contributed by atoms with van der Waals surface area (Å²) in [5.41, 5.74) is 3.01. The zero-order valence-electron chi connectivity index (χ0n) is 13.2. The van der Waals surface area contributed by atoms with E-state index in [9.17, 15) is 0 Å². The summed E-state index contributed by atoms with van der Waals surface area (Å²) in [5, 5.41) is 0. The number of aromatic nitrogens is 1. The molecule has 0 aliphatic carbocycles. The fraction of sp³-hybridized carbons (Fsp3) is 0.643. The monoisotopic (exact) mass is 297 g/mol. The maximum absolute atomic E-state index is 5.83. The second kappa shape index (κ2) is 7.17. The molecule has 1 heterocycles. The van der Waals surface area contributed by atoms with Crippen molar-refractivity contribution in [2.24, 2.45) is 5.84 Å². The molecule has 0 saturated carbocycles. The normalized spacial score (nSPS) is 12.5. The highest BCUT2D eigenvalue weighted by Crippen LogP contribution is 2.29. The molecule has 0 amide bonds. The molecule has 115 valence electrons. The van der Waals surface area contributed by atoms with E-state index >= 15 is 0 Å². The van der Waals surface area contributed by atoms with Crippen molar-refractivity contribution in [1.82, 2.24) is 4.98 Å². The molecule has 20 heavy (non-hydrogen) atoms. The zero-order valence-corrected chi connectivity index (χ0v) is 14.2. The van der Waals surface area contributed by atoms with Crippen molar-refractivity contribution in [1.29, 1.82) is 0 Å². The highest BCUT2D eigenvalue weighted by molar-refractivity contribution is 6.76. The molecule has 1 rings (SSSR count). The highest BCUT2D eigenvalue weighted by atomic mass is 28.3. The van der Waals surface area contributed by atoms with Gasteiger partial charge in [-0.25, -0.2) is 10.8 Å². The Balaban J connectivity index is 2.49. The molecule has 0 spiro atoms. The number of nitrogen functional groups attached to an aromatic ring is 1. The number of nitrogens with one attached hydrogen (secondary N) is 1. The summed E-state index contributed by atoms with van der Waals surface area (Å²) in [4.78, 5) is 4.19. The molecule has 1 aromatic rings. The number of hydrogen-bond donors (Lipinski definition) is 2. The number of nitrogens with zero attached hydrogens (tertiary/aromatic N) is 1. The lowest BCUT2D eigenvalue weighted by Crippen LogP contribution is -2.27. The fourth-order valence-corrected chi connectivity index (χ4v) is 2.47. The van der Waals surface area contributed by atoms with E-state index in [1.165, 1.54) is 0 Å². The number of ether oxygens (including phenoxy) is 2. The van der Waals surface area contributed by atoms with Gasteiger partial charge in [0.2, 0.25) is 0 Å². The van der Waals surface area contributed by atoms with Crippen LogP contribution >= 0.6 is 0 Å². The first-order chi connectivity index (χ1) is 9.26. The van der Waals surface area contributed by atoms with E-state index in [1.807, 2.05) is 26.0 Å². The van der Waals surface area contributed by atoms with E-state index < -0.39 is 13.7 Å². The minimum atomic E-state index is -1.05. The van der Waals surface area contributed by atoms with Crippen molar-refractivity contribution in [3.05, 3.63) is 23.9 Å². The molecule has 0 aromatic carbocycles. The van der Waals surface area contributed by atoms with Gasteiger partial charge in [-0.15, -0.1) is 14.1 Å². The van der Waals surface area contributed by atoms with Gasteiger partial charge in [0.25, 0.3) is 0 Å². The molecular weight excluding hydrogens is 270 g/mol. The zero-order chi connectivity index (χ0) is 15.2. The Bertz CT molecular complexity index is 419. The highest BCUT2D eigenvalue weighted by Gasteiger charge is 2.25. The van der Waals surface area contributed by atoms with Gasteiger partial charge in [-0.1, -0.05) is 6.07 Å². The quantitative estimate of drug-likeness (QED) is 0.254. The van der Waals surface area contributed by atoms with Crippen LogP contribution in [0.3, 0.4) is 0 Å². The van der Waals surface area contributed by atoms with Gasteiger partial charge in [-0.2, -0.15) is 19.6 Å². The molecule has 0 bridgehead atoms.